The lowest BCUT2D eigenvalue weighted by Crippen LogP contribution is -2.22. The third-order valence-electron chi connectivity index (χ3n) is 4.68. The van der Waals surface area contributed by atoms with Crippen molar-refractivity contribution >= 4 is 39.6 Å². The Morgan fingerprint density at radius 2 is 1.69 bits per heavy atom. The van der Waals surface area contributed by atoms with E-state index < -0.39 is 0 Å². The first-order valence-electron chi connectivity index (χ1n) is 9.51. The van der Waals surface area contributed by atoms with Crippen molar-refractivity contribution < 1.29 is 9.59 Å². The number of carbonyl (C=O) groups excluding carboxylic acids is 2. The Hall–Kier alpha value is -2.47. The van der Waals surface area contributed by atoms with Gasteiger partial charge in [0.15, 0.2) is 5.78 Å². The lowest BCUT2D eigenvalue weighted by molar-refractivity contribution is -0.114. The Morgan fingerprint density at radius 1 is 1.00 bits per heavy atom. The summed E-state index contributed by atoms with van der Waals surface area (Å²) in [5, 5.41) is 3.66. The van der Waals surface area contributed by atoms with Crippen molar-refractivity contribution in [2.45, 2.75) is 26.2 Å². The van der Waals surface area contributed by atoms with E-state index in [2.05, 4.69) is 36.5 Å². The summed E-state index contributed by atoms with van der Waals surface area (Å²) >= 11 is 7.61. The van der Waals surface area contributed by atoms with E-state index in [0.717, 1.165) is 24.1 Å². The maximum Gasteiger partial charge on any atom is 0.238 e. The van der Waals surface area contributed by atoms with Gasteiger partial charge in [0, 0.05) is 10.4 Å². The number of halogens is 1. The maximum absolute atomic E-state index is 13.1. The molecule has 2 aromatic carbocycles. The largest absolute Gasteiger partial charge is 0.322 e. The Balaban J connectivity index is 1.84. The minimum absolute atomic E-state index is 0.142. The van der Waals surface area contributed by atoms with Gasteiger partial charge in [-0.2, -0.15) is 0 Å². The molecule has 4 nitrogen and oxygen atoms in total. The molecule has 0 radical (unpaired) electrons. The van der Waals surface area contributed by atoms with Crippen molar-refractivity contribution in [2.24, 2.45) is 5.73 Å². The summed E-state index contributed by atoms with van der Waals surface area (Å²) in [7, 11) is 0. The number of carbonyl (C=O) groups is 2. The van der Waals surface area contributed by atoms with Gasteiger partial charge in [-0.1, -0.05) is 54.9 Å². The summed E-state index contributed by atoms with van der Waals surface area (Å²) in [6, 6.07) is 17.3. The van der Waals surface area contributed by atoms with Crippen LogP contribution in [-0.4, -0.2) is 18.2 Å². The molecule has 0 unspecified atom stereocenters. The van der Waals surface area contributed by atoms with Gasteiger partial charge >= 0.3 is 0 Å². The zero-order valence-electron chi connectivity index (χ0n) is 16.2. The lowest BCUT2D eigenvalue weighted by Gasteiger charge is -2.05. The molecule has 6 heteroatoms. The molecule has 0 saturated carbocycles. The molecule has 0 fully saturated rings. The van der Waals surface area contributed by atoms with Gasteiger partial charge in [-0.05, 0) is 48.6 Å². The second kappa shape index (κ2) is 9.83. The highest BCUT2D eigenvalue weighted by atomic mass is 35.5. The second-order valence-electron chi connectivity index (χ2n) is 6.69. The summed E-state index contributed by atoms with van der Waals surface area (Å²) < 4.78 is 0. The fourth-order valence-corrected chi connectivity index (χ4v) is 4.30. The Bertz CT molecular complexity index is 1010. The molecule has 3 rings (SSSR count). The van der Waals surface area contributed by atoms with Gasteiger partial charge in [0.1, 0.15) is 5.00 Å². The van der Waals surface area contributed by atoms with Gasteiger partial charge in [-0.15, -0.1) is 11.3 Å². The number of hydrogen-bond acceptors (Lipinski definition) is 4. The monoisotopic (exact) mass is 426 g/mol. The van der Waals surface area contributed by atoms with Gasteiger partial charge in [0.2, 0.25) is 5.91 Å². The number of thiophene rings is 1. The molecule has 29 heavy (non-hydrogen) atoms. The highest BCUT2D eigenvalue weighted by molar-refractivity contribution is 7.16. The summed E-state index contributed by atoms with van der Waals surface area (Å²) in [4.78, 5) is 25.9. The first-order chi connectivity index (χ1) is 14.0. The molecule has 3 N–H and O–H groups in total. The number of rotatable bonds is 8. The molecular weight excluding hydrogens is 404 g/mol. The number of anilines is 1. The van der Waals surface area contributed by atoms with E-state index >= 15 is 0 Å². The molecule has 1 amide bonds. The smallest absolute Gasteiger partial charge is 0.238 e. The SMILES string of the molecule is CCc1ccc(CCc2cc(C(=O)c3ccccc3Cl)c(NC(=O)CN)s2)cc1. The minimum Gasteiger partial charge on any atom is -0.322 e. The number of aryl methyl sites for hydroxylation is 3. The summed E-state index contributed by atoms with van der Waals surface area (Å²) in [6.07, 6.45) is 2.65. The van der Waals surface area contributed by atoms with Crippen molar-refractivity contribution in [3.05, 3.63) is 86.8 Å². The van der Waals surface area contributed by atoms with Gasteiger partial charge in [-0.25, -0.2) is 0 Å². The topological polar surface area (TPSA) is 72.2 Å². The standard InChI is InChI=1S/C23H23ClN2O2S/c1-2-15-7-9-16(10-8-15)11-12-17-13-19(23(29-17)26-21(27)14-25)22(28)18-5-3-4-6-20(18)24/h3-10,13H,2,11-12,14,25H2,1H3,(H,26,27). The number of hydrogen-bond donors (Lipinski definition) is 2. The lowest BCUT2D eigenvalue weighted by atomic mass is 10.0. The van der Waals surface area contributed by atoms with E-state index in [4.69, 9.17) is 17.3 Å². The van der Waals surface area contributed by atoms with Gasteiger partial charge in [0.25, 0.3) is 0 Å². The summed E-state index contributed by atoms with van der Waals surface area (Å²) in [6.45, 7) is 1.99. The molecule has 0 aliphatic carbocycles. The predicted octanol–water partition coefficient (Wildman–Crippen LogP) is 4.88. The van der Waals surface area contributed by atoms with Gasteiger partial charge in [-0.3, -0.25) is 9.59 Å². The van der Waals surface area contributed by atoms with Crippen LogP contribution in [0.4, 0.5) is 5.00 Å². The Morgan fingerprint density at radius 3 is 2.34 bits per heavy atom. The first-order valence-corrected chi connectivity index (χ1v) is 10.7. The van der Waals surface area contributed by atoms with E-state index in [-0.39, 0.29) is 18.2 Å². The molecule has 0 aliphatic heterocycles. The van der Waals surface area contributed by atoms with Crippen LogP contribution in [0.1, 0.15) is 38.8 Å². The number of nitrogens with two attached hydrogens (primary N) is 1. The Kier molecular flexibility index (Phi) is 7.20. The van der Waals surface area contributed by atoms with Gasteiger partial charge < -0.3 is 11.1 Å². The fourth-order valence-electron chi connectivity index (χ4n) is 3.00. The second-order valence-corrected chi connectivity index (χ2v) is 8.23. The zero-order valence-corrected chi connectivity index (χ0v) is 17.8. The molecule has 0 aliphatic rings. The minimum atomic E-state index is -0.332. The number of ketones is 1. The van der Waals surface area contributed by atoms with Crippen LogP contribution in [0.25, 0.3) is 0 Å². The van der Waals surface area contributed by atoms with E-state index in [1.807, 2.05) is 6.07 Å². The van der Waals surface area contributed by atoms with Crippen molar-refractivity contribution in [2.75, 3.05) is 11.9 Å². The van der Waals surface area contributed by atoms with Crippen LogP contribution in [0, 0.1) is 0 Å². The summed E-state index contributed by atoms with van der Waals surface area (Å²) in [5.74, 6) is -0.542. The first kappa shape index (κ1) is 21.2. The Labute approximate surface area is 179 Å². The van der Waals surface area contributed by atoms with E-state index in [1.165, 1.54) is 22.5 Å². The van der Waals surface area contributed by atoms with Crippen LogP contribution in [-0.2, 0) is 24.1 Å². The maximum atomic E-state index is 13.1. The number of amides is 1. The van der Waals surface area contributed by atoms with Crippen LogP contribution < -0.4 is 11.1 Å². The van der Waals surface area contributed by atoms with Crippen LogP contribution >= 0.6 is 22.9 Å². The average Bonchev–Trinajstić information content (AvgIpc) is 3.15. The van der Waals surface area contributed by atoms with E-state index in [9.17, 15) is 9.59 Å². The van der Waals surface area contributed by atoms with Crippen LogP contribution in [0.5, 0.6) is 0 Å². The highest BCUT2D eigenvalue weighted by Crippen LogP contribution is 2.32. The predicted molar refractivity (Wildman–Crippen MR) is 120 cm³/mol. The molecule has 1 aromatic heterocycles. The molecule has 1 heterocycles. The average molecular weight is 427 g/mol. The highest BCUT2D eigenvalue weighted by Gasteiger charge is 2.20. The third kappa shape index (κ3) is 5.32. The van der Waals surface area contributed by atoms with Crippen LogP contribution in [0.15, 0.2) is 54.6 Å². The van der Waals surface area contributed by atoms with Crippen LogP contribution in [0.3, 0.4) is 0 Å². The molecule has 0 atom stereocenters. The molecule has 3 aromatic rings. The zero-order chi connectivity index (χ0) is 20.8. The van der Waals surface area contributed by atoms with Crippen molar-refractivity contribution in [3.8, 4) is 0 Å². The fraction of sp³-hybridized carbons (Fsp3) is 0.217. The number of nitrogens with one attached hydrogen (secondary N) is 1. The van der Waals surface area contributed by atoms with Gasteiger partial charge in [0.05, 0.1) is 17.1 Å². The quantitative estimate of drug-likeness (QED) is 0.504. The van der Waals surface area contributed by atoms with E-state index in [1.54, 1.807) is 24.3 Å². The normalized spacial score (nSPS) is 10.7. The molecule has 0 saturated heterocycles. The third-order valence-corrected chi connectivity index (χ3v) is 6.12. The summed E-state index contributed by atoms with van der Waals surface area (Å²) in [5.41, 5.74) is 8.84. The van der Waals surface area contributed by atoms with Crippen molar-refractivity contribution in [3.63, 3.8) is 0 Å². The van der Waals surface area contributed by atoms with Crippen LogP contribution in [0.2, 0.25) is 5.02 Å². The molecule has 150 valence electrons. The van der Waals surface area contributed by atoms with Crippen molar-refractivity contribution in [1.82, 2.24) is 0 Å². The molecular formula is C23H23ClN2O2S. The molecule has 0 spiro atoms. The van der Waals surface area contributed by atoms with E-state index in [0.29, 0.717) is 21.2 Å². The number of benzene rings is 2. The van der Waals surface area contributed by atoms with Crippen molar-refractivity contribution in [1.29, 1.82) is 0 Å². The molecule has 0 bridgehead atoms.